The van der Waals surface area contributed by atoms with Crippen molar-refractivity contribution in [2.75, 3.05) is 5.73 Å². The molecule has 0 saturated heterocycles. The van der Waals surface area contributed by atoms with Gasteiger partial charge in [0.2, 0.25) is 0 Å². The normalized spacial score (nSPS) is 18.6. The molecule has 0 aromatic heterocycles. The number of benzene rings is 1. The van der Waals surface area contributed by atoms with Crippen molar-refractivity contribution in [2.45, 2.75) is 51.4 Å². The van der Waals surface area contributed by atoms with Crippen LogP contribution in [0.25, 0.3) is 0 Å². The molecule has 0 bridgehead atoms. The zero-order valence-corrected chi connectivity index (χ0v) is 11.1. The molecule has 0 heterocycles. The SMILES string of the molecule is Cc1cc(C2(C(=O)O)CCCCC2)cc(N)c1C. The highest BCUT2D eigenvalue weighted by molar-refractivity contribution is 5.82. The van der Waals surface area contributed by atoms with Gasteiger partial charge in [-0.05, 0) is 49.4 Å². The van der Waals surface area contributed by atoms with Crippen LogP contribution in [-0.2, 0) is 10.2 Å². The maximum absolute atomic E-state index is 11.7. The summed E-state index contributed by atoms with van der Waals surface area (Å²) >= 11 is 0. The zero-order valence-electron chi connectivity index (χ0n) is 11.1. The Morgan fingerprint density at radius 3 is 2.33 bits per heavy atom. The van der Waals surface area contributed by atoms with Crippen LogP contribution in [0.2, 0.25) is 0 Å². The van der Waals surface area contributed by atoms with Crippen molar-refractivity contribution in [3.05, 3.63) is 28.8 Å². The molecule has 98 valence electrons. The molecule has 1 fully saturated rings. The van der Waals surface area contributed by atoms with Gasteiger partial charge in [0.1, 0.15) is 0 Å². The van der Waals surface area contributed by atoms with E-state index in [-0.39, 0.29) is 0 Å². The first-order valence-electron chi connectivity index (χ1n) is 6.58. The van der Waals surface area contributed by atoms with Gasteiger partial charge in [0.15, 0.2) is 0 Å². The van der Waals surface area contributed by atoms with Crippen LogP contribution < -0.4 is 5.73 Å². The lowest BCUT2D eigenvalue weighted by atomic mass is 9.69. The number of nitrogens with two attached hydrogens (primary N) is 1. The summed E-state index contributed by atoms with van der Waals surface area (Å²) in [7, 11) is 0. The average molecular weight is 247 g/mol. The molecule has 1 aliphatic carbocycles. The second-order valence-corrected chi connectivity index (χ2v) is 5.46. The van der Waals surface area contributed by atoms with E-state index in [2.05, 4.69) is 0 Å². The topological polar surface area (TPSA) is 63.3 Å². The summed E-state index contributed by atoms with van der Waals surface area (Å²) < 4.78 is 0. The van der Waals surface area contributed by atoms with Crippen LogP contribution in [0.4, 0.5) is 5.69 Å². The zero-order chi connectivity index (χ0) is 13.3. The first kappa shape index (κ1) is 12.9. The average Bonchev–Trinajstić information content (AvgIpc) is 2.36. The molecule has 1 aromatic rings. The second kappa shape index (κ2) is 4.63. The van der Waals surface area contributed by atoms with E-state index in [0.717, 1.165) is 48.8 Å². The molecule has 1 aromatic carbocycles. The highest BCUT2D eigenvalue weighted by atomic mass is 16.4. The third kappa shape index (κ3) is 1.98. The largest absolute Gasteiger partial charge is 0.481 e. The first-order chi connectivity index (χ1) is 8.47. The van der Waals surface area contributed by atoms with Gasteiger partial charge in [-0.25, -0.2) is 0 Å². The number of hydrogen-bond acceptors (Lipinski definition) is 2. The number of aliphatic carboxylic acids is 1. The van der Waals surface area contributed by atoms with Crippen molar-refractivity contribution in [1.29, 1.82) is 0 Å². The second-order valence-electron chi connectivity index (χ2n) is 5.46. The summed E-state index contributed by atoms with van der Waals surface area (Å²) in [6.45, 7) is 3.97. The predicted molar refractivity (Wildman–Crippen MR) is 72.7 cm³/mol. The minimum absolute atomic E-state index is 0.704. The highest BCUT2D eigenvalue weighted by Crippen LogP contribution is 2.41. The van der Waals surface area contributed by atoms with Gasteiger partial charge in [-0.3, -0.25) is 4.79 Å². The van der Waals surface area contributed by atoms with Gasteiger partial charge >= 0.3 is 5.97 Å². The van der Waals surface area contributed by atoms with Gasteiger partial charge in [0.25, 0.3) is 0 Å². The fraction of sp³-hybridized carbons (Fsp3) is 0.533. The van der Waals surface area contributed by atoms with Crippen molar-refractivity contribution < 1.29 is 9.90 Å². The number of nitrogen functional groups attached to an aromatic ring is 1. The summed E-state index contributed by atoms with van der Waals surface area (Å²) in [5.41, 5.74) is 9.00. The van der Waals surface area contributed by atoms with Crippen LogP contribution in [0, 0.1) is 13.8 Å². The summed E-state index contributed by atoms with van der Waals surface area (Å²) in [6, 6.07) is 3.87. The lowest BCUT2D eigenvalue weighted by molar-refractivity contribution is -0.145. The highest BCUT2D eigenvalue weighted by Gasteiger charge is 2.41. The van der Waals surface area contributed by atoms with E-state index >= 15 is 0 Å². The smallest absolute Gasteiger partial charge is 0.314 e. The molecule has 3 heteroatoms. The molecule has 3 nitrogen and oxygen atoms in total. The molecular weight excluding hydrogens is 226 g/mol. The standard InChI is InChI=1S/C15H21NO2/c1-10-8-12(9-13(16)11(10)2)15(14(17)18)6-4-3-5-7-15/h8-9H,3-7,16H2,1-2H3,(H,17,18). The summed E-state index contributed by atoms with van der Waals surface area (Å²) in [4.78, 5) is 11.7. The molecule has 0 aliphatic heterocycles. The Kier molecular flexibility index (Phi) is 3.33. The predicted octanol–water partition coefficient (Wildman–Crippen LogP) is 3.17. The van der Waals surface area contributed by atoms with Crippen molar-refractivity contribution in [3.63, 3.8) is 0 Å². The van der Waals surface area contributed by atoms with Gasteiger partial charge in [-0.2, -0.15) is 0 Å². The minimum atomic E-state index is -0.717. The fourth-order valence-electron chi connectivity index (χ4n) is 2.94. The molecule has 2 rings (SSSR count). The van der Waals surface area contributed by atoms with Crippen LogP contribution in [0.3, 0.4) is 0 Å². The third-order valence-corrected chi connectivity index (χ3v) is 4.38. The molecule has 3 N–H and O–H groups in total. The number of rotatable bonds is 2. The van der Waals surface area contributed by atoms with Gasteiger partial charge < -0.3 is 10.8 Å². The molecule has 1 aliphatic rings. The Hall–Kier alpha value is -1.51. The van der Waals surface area contributed by atoms with Crippen LogP contribution in [0.1, 0.15) is 48.8 Å². The number of aryl methyl sites for hydroxylation is 1. The van der Waals surface area contributed by atoms with Gasteiger partial charge in [0.05, 0.1) is 5.41 Å². The first-order valence-corrected chi connectivity index (χ1v) is 6.58. The molecule has 0 spiro atoms. The number of carboxylic acids is 1. The van der Waals surface area contributed by atoms with Crippen molar-refractivity contribution >= 4 is 11.7 Å². The maximum Gasteiger partial charge on any atom is 0.314 e. The van der Waals surface area contributed by atoms with E-state index in [1.54, 1.807) is 0 Å². The van der Waals surface area contributed by atoms with Crippen LogP contribution in [0.15, 0.2) is 12.1 Å². The number of anilines is 1. The third-order valence-electron chi connectivity index (χ3n) is 4.38. The maximum atomic E-state index is 11.7. The molecular formula is C15H21NO2. The quantitative estimate of drug-likeness (QED) is 0.789. The lowest BCUT2D eigenvalue weighted by Crippen LogP contribution is -2.38. The minimum Gasteiger partial charge on any atom is -0.481 e. The lowest BCUT2D eigenvalue weighted by Gasteiger charge is -2.34. The Labute approximate surface area is 108 Å². The van der Waals surface area contributed by atoms with Gasteiger partial charge in [0, 0.05) is 5.69 Å². The Morgan fingerprint density at radius 2 is 1.83 bits per heavy atom. The van der Waals surface area contributed by atoms with Crippen molar-refractivity contribution in [2.24, 2.45) is 0 Å². The summed E-state index contributed by atoms with van der Waals surface area (Å²) in [5.74, 6) is -0.704. The number of hydrogen-bond donors (Lipinski definition) is 2. The summed E-state index contributed by atoms with van der Waals surface area (Å²) in [6.07, 6.45) is 4.56. The molecule has 0 amide bonds. The van der Waals surface area contributed by atoms with Gasteiger partial charge in [-0.1, -0.05) is 25.3 Å². The monoisotopic (exact) mass is 247 g/mol. The van der Waals surface area contributed by atoms with Crippen molar-refractivity contribution in [1.82, 2.24) is 0 Å². The van der Waals surface area contributed by atoms with E-state index in [9.17, 15) is 9.90 Å². The van der Waals surface area contributed by atoms with E-state index in [1.165, 1.54) is 0 Å². The number of carbonyl (C=O) groups is 1. The van der Waals surface area contributed by atoms with E-state index in [1.807, 2.05) is 26.0 Å². The van der Waals surface area contributed by atoms with Crippen LogP contribution in [-0.4, -0.2) is 11.1 Å². The van der Waals surface area contributed by atoms with Crippen molar-refractivity contribution in [3.8, 4) is 0 Å². The molecule has 0 radical (unpaired) electrons. The Morgan fingerprint density at radius 1 is 1.22 bits per heavy atom. The van der Waals surface area contributed by atoms with E-state index < -0.39 is 11.4 Å². The van der Waals surface area contributed by atoms with Crippen LogP contribution in [0.5, 0.6) is 0 Å². The van der Waals surface area contributed by atoms with E-state index in [4.69, 9.17) is 5.73 Å². The Bertz CT molecular complexity index is 450. The van der Waals surface area contributed by atoms with Crippen LogP contribution >= 0.6 is 0 Å². The summed E-state index contributed by atoms with van der Waals surface area (Å²) in [5, 5.41) is 9.65. The van der Waals surface area contributed by atoms with E-state index in [0.29, 0.717) is 5.69 Å². The van der Waals surface area contributed by atoms with Gasteiger partial charge in [-0.15, -0.1) is 0 Å². The number of carboxylic acid groups (broad SMARTS) is 1. The molecule has 1 saturated carbocycles. The molecule has 0 atom stereocenters. The molecule has 18 heavy (non-hydrogen) atoms. The molecule has 0 unspecified atom stereocenters. The fourth-order valence-corrected chi connectivity index (χ4v) is 2.94. The Balaban J connectivity index is 2.52.